The Bertz CT molecular complexity index is 346. The lowest BCUT2D eigenvalue weighted by molar-refractivity contribution is 0.441. The molecule has 1 saturated heterocycles. The summed E-state index contributed by atoms with van der Waals surface area (Å²) in [5.74, 6) is 0.721. The van der Waals surface area contributed by atoms with Crippen LogP contribution in [0.15, 0.2) is 6.07 Å². The first-order valence-corrected chi connectivity index (χ1v) is 5.99. The fraction of sp³-hybridized carbons (Fsp3) is 0.636. The Morgan fingerprint density at radius 2 is 2.24 bits per heavy atom. The fourth-order valence-electron chi connectivity index (χ4n) is 2.00. The van der Waals surface area contributed by atoms with Crippen LogP contribution in [-0.4, -0.2) is 36.1 Å². The third-order valence-electron chi connectivity index (χ3n) is 2.95. The summed E-state index contributed by atoms with van der Waals surface area (Å²) < 4.78 is 0. The minimum Gasteiger partial charge on any atom is -0.340 e. The maximum Gasteiger partial charge on any atom is 0.227 e. The largest absolute Gasteiger partial charge is 0.340 e. The van der Waals surface area contributed by atoms with Crippen molar-refractivity contribution >= 4 is 30.0 Å². The Balaban J connectivity index is 0.00000144. The molecular weight excluding hydrogens is 259 g/mol. The van der Waals surface area contributed by atoms with E-state index < -0.39 is 0 Å². The number of nitrogens with one attached hydrogen (secondary N) is 1. The van der Waals surface area contributed by atoms with Crippen LogP contribution in [0.3, 0.4) is 0 Å². The van der Waals surface area contributed by atoms with Gasteiger partial charge in [-0.05, 0) is 32.4 Å². The van der Waals surface area contributed by atoms with Crippen molar-refractivity contribution < 1.29 is 0 Å². The van der Waals surface area contributed by atoms with Crippen LogP contribution in [0.5, 0.6) is 0 Å². The highest BCUT2D eigenvalue weighted by Crippen LogP contribution is 2.17. The molecule has 96 valence electrons. The molecule has 4 nitrogen and oxygen atoms in total. The summed E-state index contributed by atoms with van der Waals surface area (Å²) in [5, 5.41) is 3.90. The van der Waals surface area contributed by atoms with E-state index in [0.717, 1.165) is 24.7 Å². The van der Waals surface area contributed by atoms with Crippen molar-refractivity contribution in [1.82, 2.24) is 15.3 Å². The van der Waals surface area contributed by atoms with Crippen LogP contribution in [0.25, 0.3) is 0 Å². The van der Waals surface area contributed by atoms with Gasteiger partial charge < -0.3 is 10.2 Å². The zero-order valence-corrected chi connectivity index (χ0v) is 11.7. The lowest BCUT2D eigenvalue weighted by Gasteiger charge is -2.31. The van der Waals surface area contributed by atoms with Crippen molar-refractivity contribution in [3.05, 3.63) is 16.9 Å². The maximum absolute atomic E-state index is 5.94. The number of aromatic nitrogens is 2. The number of halogens is 2. The van der Waals surface area contributed by atoms with Crippen molar-refractivity contribution in [2.45, 2.75) is 25.8 Å². The van der Waals surface area contributed by atoms with Crippen molar-refractivity contribution in [2.24, 2.45) is 0 Å². The molecule has 1 aromatic heterocycles. The highest BCUT2D eigenvalue weighted by atomic mass is 35.5. The van der Waals surface area contributed by atoms with Gasteiger partial charge in [-0.3, -0.25) is 0 Å². The van der Waals surface area contributed by atoms with Gasteiger partial charge in [0.05, 0.1) is 0 Å². The van der Waals surface area contributed by atoms with Gasteiger partial charge in [0.25, 0.3) is 0 Å². The highest BCUT2D eigenvalue weighted by Gasteiger charge is 2.20. The number of hydrogen-bond acceptors (Lipinski definition) is 4. The molecule has 2 heterocycles. The van der Waals surface area contributed by atoms with Crippen molar-refractivity contribution in [1.29, 1.82) is 0 Å². The molecule has 0 saturated carbocycles. The molecule has 6 heteroatoms. The summed E-state index contributed by atoms with van der Waals surface area (Å²) in [5.41, 5.74) is 0.908. The van der Waals surface area contributed by atoms with Gasteiger partial charge >= 0.3 is 0 Å². The first-order chi connectivity index (χ1) is 7.66. The molecule has 1 unspecified atom stereocenters. The second-order valence-electron chi connectivity index (χ2n) is 4.24. The Labute approximate surface area is 113 Å². The van der Waals surface area contributed by atoms with Crippen LogP contribution in [-0.2, 0) is 0 Å². The molecule has 2 rings (SSSR count). The van der Waals surface area contributed by atoms with Gasteiger partial charge in [0.1, 0.15) is 5.15 Å². The zero-order chi connectivity index (χ0) is 11.5. The van der Waals surface area contributed by atoms with Crippen LogP contribution < -0.4 is 10.2 Å². The zero-order valence-electron chi connectivity index (χ0n) is 10.1. The summed E-state index contributed by atoms with van der Waals surface area (Å²) in [6.45, 7) is 4.04. The van der Waals surface area contributed by atoms with E-state index in [1.165, 1.54) is 12.8 Å². The van der Waals surface area contributed by atoms with E-state index in [-0.39, 0.29) is 12.4 Å². The molecule has 0 amide bonds. The number of likely N-dealkylation sites (N-methyl/N-ethyl adjacent to an activating group) is 1. The molecular formula is C11H18Cl2N4. The minimum absolute atomic E-state index is 0. The van der Waals surface area contributed by atoms with Crippen LogP contribution in [0, 0.1) is 6.92 Å². The highest BCUT2D eigenvalue weighted by molar-refractivity contribution is 6.29. The number of nitrogens with zero attached hydrogens (tertiary/aromatic N) is 3. The maximum atomic E-state index is 5.94. The van der Waals surface area contributed by atoms with E-state index in [0.29, 0.717) is 11.2 Å². The van der Waals surface area contributed by atoms with Crippen molar-refractivity contribution in [3.8, 4) is 0 Å². The second-order valence-corrected chi connectivity index (χ2v) is 4.63. The molecule has 0 aliphatic carbocycles. The number of anilines is 1. The van der Waals surface area contributed by atoms with E-state index in [2.05, 4.69) is 20.2 Å². The number of rotatable bonds is 2. The molecule has 0 radical (unpaired) electrons. The predicted molar refractivity (Wildman–Crippen MR) is 73.3 cm³/mol. The average Bonchev–Trinajstić information content (AvgIpc) is 2.28. The van der Waals surface area contributed by atoms with E-state index in [1.807, 2.05) is 14.0 Å². The summed E-state index contributed by atoms with van der Waals surface area (Å²) in [4.78, 5) is 10.8. The Morgan fingerprint density at radius 3 is 2.82 bits per heavy atom. The predicted octanol–water partition coefficient (Wildman–Crippen LogP) is 2.05. The molecule has 0 bridgehead atoms. The first kappa shape index (κ1) is 14.5. The van der Waals surface area contributed by atoms with Gasteiger partial charge in [0.2, 0.25) is 5.95 Å². The normalized spacial score (nSPS) is 19.6. The molecule has 1 fully saturated rings. The number of aryl methyl sites for hydroxylation is 1. The van der Waals surface area contributed by atoms with Crippen LogP contribution in [0.1, 0.15) is 18.5 Å². The van der Waals surface area contributed by atoms with Gasteiger partial charge in [-0.2, -0.15) is 0 Å². The topological polar surface area (TPSA) is 41.1 Å². The first-order valence-electron chi connectivity index (χ1n) is 5.61. The van der Waals surface area contributed by atoms with Crippen molar-refractivity contribution in [3.63, 3.8) is 0 Å². The van der Waals surface area contributed by atoms with E-state index in [4.69, 9.17) is 11.6 Å². The van der Waals surface area contributed by atoms with Gasteiger partial charge in [-0.25, -0.2) is 9.97 Å². The quantitative estimate of drug-likeness (QED) is 0.840. The van der Waals surface area contributed by atoms with Crippen LogP contribution >= 0.6 is 24.0 Å². The Kier molecular flexibility index (Phi) is 5.43. The molecule has 0 spiro atoms. The second kappa shape index (κ2) is 6.38. The van der Waals surface area contributed by atoms with Gasteiger partial charge in [-0.15, -0.1) is 12.4 Å². The number of piperidine rings is 1. The van der Waals surface area contributed by atoms with E-state index >= 15 is 0 Å². The molecule has 1 aliphatic heterocycles. The van der Waals surface area contributed by atoms with Crippen LogP contribution in [0.2, 0.25) is 5.15 Å². The molecule has 17 heavy (non-hydrogen) atoms. The van der Waals surface area contributed by atoms with Crippen molar-refractivity contribution in [2.75, 3.05) is 25.0 Å². The average molecular weight is 277 g/mol. The van der Waals surface area contributed by atoms with Gasteiger partial charge in [-0.1, -0.05) is 11.6 Å². The van der Waals surface area contributed by atoms with E-state index in [9.17, 15) is 0 Å². The number of hydrogen-bond donors (Lipinski definition) is 1. The third kappa shape index (κ3) is 3.69. The molecule has 1 atom stereocenters. The fourth-order valence-corrected chi connectivity index (χ4v) is 2.23. The lowest BCUT2D eigenvalue weighted by Crippen LogP contribution is -2.44. The van der Waals surface area contributed by atoms with Gasteiger partial charge in [0, 0.05) is 25.3 Å². The summed E-state index contributed by atoms with van der Waals surface area (Å²) in [6.07, 6.45) is 2.38. The monoisotopic (exact) mass is 276 g/mol. The summed E-state index contributed by atoms with van der Waals surface area (Å²) in [7, 11) is 2.03. The minimum atomic E-state index is 0. The molecule has 0 aromatic carbocycles. The SMILES string of the molecule is Cc1cc(Cl)nc(N(C)C2CCCNC2)n1.Cl. The van der Waals surface area contributed by atoms with Gasteiger partial charge in [0.15, 0.2) is 0 Å². The molecule has 1 N–H and O–H groups in total. The lowest BCUT2D eigenvalue weighted by atomic mass is 10.1. The summed E-state index contributed by atoms with van der Waals surface area (Å²) in [6, 6.07) is 2.24. The third-order valence-corrected chi connectivity index (χ3v) is 3.14. The standard InChI is InChI=1S/C11H17ClN4.ClH/c1-8-6-10(12)15-11(14-8)16(2)9-4-3-5-13-7-9;/h6,9,13H,3-5,7H2,1-2H3;1H. The Hall–Kier alpha value is -0.580. The summed E-state index contributed by atoms with van der Waals surface area (Å²) >= 11 is 5.94. The molecule has 1 aliphatic rings. The molecule has 1 aromatic rings. The smallest absolute Gasteiger partial charge is 0.227 e. The Morgan fingerprint density at radius 1 is 1.47 bits per heavy atom. The van der Waals surface area contributed by atoms with E-state index in [1.54, 1.807) is 6.07 Å². The van der Waals surface area contributed by atoms with Crippen LogP contribution in [0.4, 0.5) is 5.95 Å².